The van der Waals surface area contributed by atoms with E-state index in [-0.39, 0.29) is 6.07 Å². The third-order valence-corrected chi connectivity index (χ3v) is 2.50. The third kappa shape index (κ3) is 2.49. The number of hydrogen-bond donors (Lipinski definition) is 0. The SMILES string of the molecule is COC(=O)c1nn(-c2c(F)c(F)cc(F)c2F)ccc1=O. The van der Waals surface area contributed by atoms with Crippen LogP contribution in [0.5, 0.6) is 0 Å². The molecule has 0 bridgehead atoms. The van der Waals surface area contributed by atoms with E-state index in [1.165, 1.54) is 0 Å². The molecule has 110 valence electrons. The van der Waals surface area contributed by atoms with Crippen molar-refractivity contribution in [1.29, 1.82) is 0 Å². The van der Waals surface area contributed by atoms with Crippen molar-refractivity contribution in [2.24, 2.45) is 0 Å². The zero-order valence-electron chi connectivity index (χ0n) is 10.4. The van der Waals surface area contributed by atoms with Crippen molar-refractivity contribution < 1.29 is 27.1 Å². The molecular weight excluding hydrogens is 296 g/mol. The van der Waals surface area contributed by atoms with Crippen LogP contribution in [0.15, 0.2) is 23.1 Å². The topological polar surface area (TPSA) is 61.2 Å². The predicted molar refractivity (Wildman–Crippen MR) is 61.0 cm³/mol. The summed E-state index contributed by atoms with van der Waals surface area (Å²) in [5.41, 5.74) is -2.86. The minimum Gasteiger partial charge on any atom is -0.464 e. The van der Waals surface area contributed by atoms with Crippen LogP contribution in [0.1, 0.15) is 10.5 Å². The molecule has 2 rings (SSSR count). The van der Waals surface area contributed by atoms with Gasteiger partial charge < -0.3 is 4.74 Å². The number of nitrogens with zero attached hydrogens (tertiary/aromatic N) is 2. The van der Waals surface area contributed by atoms with E-state index in [0.717, 1.165) is 19.4 Å². The fourth-order valence-corrected chi connectivity index (χ4v) is 1.53. The predicted octanol–water partition coefficient (Wildman–Crippen LogP) is 1.58. The number of esters is 1. The molecule has 9 heteroatoms. The minimum atomic E-state index is -1.72. The van der Waals surface area contributed by atoms with Crippen LogP contribution < -0.4 is 5.43 Å². The van der Waals surface area contributed by atoms with Crippen molar-refractivity contribution in [2.75, 3.05) is 7.11 Å². The Kier molecular flexibility index (Phi) is 3.74. The maximum absolute atomic E-state index is 13.6. The molecule has 0 saturated heterocycles. The Morgan fingerprint density at radius 1 is 1.19 bits per heavy atom. The largest absolute Gasteiger partial charge is 0.464 e. The normalized spacial score (nSPS) is 10.5. The molecular formula is C12H6F4N2O3. The van der Waals surface area contributed by atoms with E-state index in [9.17, 15) is 27.2 Å². The first-order valence-electron chi connectivity index (χ1n) is 5.38. The van der Waals surface area contributed by atoms with Crippen LogP contribution >= 0.6 is 0 Å². The van der Waals surface area contributed by atoms with E-state index in [2.05, 4.69) is 9.84 Å². The number of carbonyl (C=O) groups is 1. The zero-order valence-corrected chi connectivity index (χ0v) is 10.4. The van der Waals surface area contributed by atoms with Gasteiger partial charge in [-0.05, 0) is 0 Å². The Morgan fingerprint density at radius 2 is 1.76 bits per heavy atom. The molecule has 0 saturated carbocycles. The van der Waals surface area contributed by atoms with Gasteiger partial charge in [-0.3, -0.25) is 4.79 Å². The van der Waals surface area contributed by atoms with Gasteiger partial charge in [-0.15, -0.1) is 0 Å². The second-order valence-corrected chi connectivity index (χ2v) is 3.78. The van der Waals surface area contributed by atoms with Gasteiger partial charge in [-0.25, -0.2) is 27.0 Å². The van der Waals surface area contributed by atoms with Crippen LogP contribution in [0, 0.1) is 23.3 Å². The number of carbonyl (C=O) groups excluding carboxylic acids is 1. The monoisotopic (exact) mass is 302 g/mol. The summed E-state index contributed by atoms with van der Waals surface area (Å²) in [6, 6.07) is 0.777. The first kappa shape index (κ1) is 14.7. The van der Waals surface area contributed by atoms with E-state index < -0.39 is 46.0 Å². The lowest BCUT2D eigenvalue weighted by Crippen LogP contribution is -2.22. The molecule has 0 fully saturated rings. The number of benzene rings is 1. The molecule has 5 nitrogen and oxygen atoms in total. The maximum Gasteiger partial charge on any atom is 0.362 e. The quantitative estimate of drug-likeness (QED) is 0.480. The van der Waals surface area contributed by atoms with E-state index in [1.54, 1.807) is 0 Å². The molecule has 0 N–H and O–H groups in total. The maximum atomic E-state index is 13.6. The van der Waals surface area contributed by atoms with Crippen molar-refractivity contribution in [1.82, 2.24) is 9.78 Å². The van der Waals surface area contributed by atoms with Crippen molar-refractivity contribution in [3.63, 3.8) is 0 Å². The van der Waals surface area contributed by atoms with Crippen molar-refractivity contribution >= 4 is 5.97 Å². The van der Waals surface area contributed by atoms with Crippen LogP contribution in [-0.2, 0) is 4.74 Å². The standard InChI is InChI=1S/C12H6F4N2O3/c1-21-12(20)10-7(19)2-3-18(17-10)11-8(15)5(13)4-6(14)9(11)16/h2-4H,1H3. The molecule has 0 aliphatic heterocycles. The van der Waals surface area contributed by atoms with Gasteiger partial charge in [0.25, 0.3) is 0 Å². The summed E-state index contributed by atoms with van der Waals surface area (Å²) >= 11 is 0. The molecule has 0 spiro atoms. The average molecular weight is 302 g/mol. The molecule has 0 aliphatic rings. The number of rotatable bonds is 2. The zero-order chi connectivity index (χ0) is 15.7. The summed E-state index contributed by atoms with van der Waals surface area (Å²) < 4.78 is 58.1. The molecule has 1 heterocycles. The van der Waals surface area contributed by atoms with Crippen LogP contribution in [0.4, 0.5) is 17.6 Å². The van der Waals surface area contributed by atoms with Crippen LogP contribution in [-0.4, -0.2) is 22.9 Å². The Hall–Kier alpha value is -2.71. The first-order valence-corrected chi connectivity index (χ1v) is 5.38. The van der Waals surface area contributed by atoms with Gasteiger partial charge in [0.15, 0.2) is 23.3 Å². The number of methoxy groups -OCH3 is 1. The molecule has 21 heavy (non-hydrogen) atoms. The summed E-state index contributed by atoms with van der Waals surface area (Å²) in [6.45, 7) is 0. The molecule has 0 atom stereocenters. The highest BCUT2D eigenvalue weighted by Crippen LogP contribution is 2.22. The van der Waals surface area contributed by atoms with Gasteiger partial charge in [0, 0.05) is 18.3 Å². The van der Waals surface area contributed by atoms with Crippen LogP contribution in [0.2, 0.25) is 0 Å². The molecule has 1 aromatic carbocycles. The Bertz CT molecular complexity index is 763. The molecule has 2 aromatic rings. The van der Waals surface area contributed by atoms with Gasteiger partial charge in [-0.2, -0.15) is 5.10 Å². The van der Waals surface area contributed by atoms with Gasteiger partial charge in [0.2, 0.25) is 11.1 Å². The highest BCUT2D eigenvalue weighted by Gasteiger charge is 2.22. The fraction of sp³-hybridized carbons (Fsp3) is 0.0833. The fourth-order valence-electron chi connectivity index (χ4n) is 1.53. The number of aromatic nitrogens is 2. The second kappa shape index (κ2) is 5.35. The van der Waals surface area contributed by atoms with Gasteiger partial charge >= 0.3 is 5.97 Å². The molecule has 0 radical (unpaired) electrons. The van der Waals surface area contributed by atoms with E-state index >= 15 is 0 Å². The lowest BCUT2D eigenvalue weighted by molar-refractivity contribution is 0.0590. The highest BCUT2D eigenvalue weighted by atomic mass is 19.2. The van der Waals surface area contributed by atoms with E-state index in [4.69, 9.17) is 0 Å². The summed E-state index contributed by atoms with van der Waals surface area (Å²) in [7, 11) is 0.962. The summed E-state index contributed by atoms with van der Waals surface area (Å²) in [5, 5.41) is 3.33. The lowest BCUT2D eigenvalue weighted by Gasteiger charge is -2.09. The second-order valence-electron chi connectivity index (χ2n) is 3.78. The van der Waals surface area contributed by atoms with E-state index in [0.29, 0.717) is 4.68 Å². The van der Waals surface area contributed by atoms with Gasteiger partial charge in [0.1, 0.15) is 5.69 Å². The van der Waals surface area contributed by atoms with E-state index in [1.807, 2.05) is 0 Å². The number of ether oxygens (including phenoxy) is 1. The molecule has 0 unspecified atom stereocenters. The lowest BCUT2D eigenvalue weighted by atomic mass is 10.2. The van der Waals surface area contributed by atoms with Crippen LogP contribution in [0.3, 0.4) is 0 Å². The molecule has 0 aliphatic carbocycles. The number of hydrogen-bond acceptors (Lipinski definition) is 4. The highest BCUT2D eigenvalue weighted by molar-refractivity contribution is 5.86. The third-order valence-electron chi connectivity index (χ3n) is 2.50. The first-order chi connectivity index (χ1) is 9.86. The summed E-state index contributed by atoms with van der Waals surface area (Å²) in [4.78, 5) is 22.7. The Labute approximate surface area is 114 Å². The molecule has 0 amide bonds. The van der Waals surface area contributed by atoms with Crippen molar-refractivity contribution in [3.8, 4) is 5.69 Å². The van der Waals surface area contributed by atoms with Crippen molar-refractivity contribution in [2.45, 2.75) is 0 Å². The minimum absolute atomic E-state index is 0.0257. The summed E-state index contributed by atoms with van der Waals surface area (Å²) in [5.74, 6) is -7.90. The summed E-state index contributed by atoms with van der Waals surface area (Å²) in [6.07, 6.45) is 0.759. The van der Waals surface area contributed by atoms with Gasteiger partial charge in [-0.1, -0.05) is 0 Å². The molecule has 1 aromatic heterocycles. The van der Waals surface area contributed by atoms with Crippen molar-refractivity contribution in [3.05, 3.63) is 57.5 Å². The Morgan fingerprint density at radius 3 is 2.29 bits per heavy atom. The average Bonchev–Trinajstić information content (AvgIpc) is 2.46. The Balaban J connectivity index is 2.74. The smallest absolute Gasteiger partial charge is 0.362 e. The van der Waals surface area contributed by atoms with Gasteiger partial charge in [0.05, 0.1) is 7.11 Å². The number of halogens is 4. The van der Waals surface area contributed by atoms with Crippen LogP contribution in [0.25, 0.3) is 5.69 Å².